The molecule has 1 aromatic heterocycles. The second kappa shape index (κ2) is 10.8. The van der Waals surface area contributed by atoms with Gasteiger partial charge in [0.25, 0.3) is 0 Å². The summed E-state index contributed by atoms with van der Waals surface area (Å²) in [7, 11) is 2.06. The van der Waals surface area contributed by atoms with Crippen molar-refractivity contribution in [3.8, 4) is 5.69 Å². The van der Waals surface area contributed by atoms with Crippen LogP contribution in [0, 0.1) is 0 Å². The molecule has 5 nitrogen and oxygen atoms in total. The summed E-state index contributed by atoms with van der Waals surface area (Å²) in [6, 6.07) is 10.2. The highest BCUT2D eigenvalue weighted by molar-refractivity contribution is 14.0. The maximum absolute atomic E-state index is 4.80. The molecule has 1 heterocycles. The first kappa shape index (κ1) is 22.8. The third-order valence-corrected chi connectivity index (χ3v) is 5.17. The molecule has 0 amide bonds. The van der Waals surface area contributed by atoms with Gasteiger partial charge in [0.2, 0.25) is 0 Å². The van der Waals surface area contributed by atoms with E-state index < -0.39 is 0 Å². The van der Waals surface area contributed by atoms with E-state index in [1.807, 2.05) is 40.8 Å². The minimum atomic E-state index is 0. The molecule has 0 saturated heterocycles. The molecule has 144 valence electrons. The summed E-state index contributed by atoms with van der Waals surface area (Å²) in [6.07, 6.45) is 6.12. The van der Waals surface area contributed by atoms with Crippen LogP contribution in [0.1, 0.15) is 26.3 Å². The lowest BCUT2D eigenvalue weighted by molar-refractivity contribution is 0.475. The van der Waals surface area contributed by atoms with Crippen molar-refractivity contribution < 1.29 is 0 Å². The van der Waals surface area contributed by atoms with E-state index in [-0.39, 0.29) is 28.7 Å². The van der Waals surface area contributed by atoms with Gasteiger partial charge in [-0.1, -0.05) is 18.2 Å². The Morgan fingerprint density at radius 3 is 2.62 bits per heavy atom. The van der Waals surface area contributed by atoms with Gasteiger partial charge in [0.1, 0.15) is 0 Å². The van der Waals surface area contributed by atoms with Gasteiger partial charge in [0.15, 0.2) is 5.96 Å². The topological polar surface area (TPSA) is 45.5 Å². The van der Waals surface area contributed by atoms with Crippen LogP contribution < -0.4 is 5.32 Å². The van der Waals surface area contributed by atoms with E-state index >= 15 is 0 Å². The van der Waals surface area contributed by atoms with Crippen LogP contribution in [0.3, 0.4) is 0 Å². The maximum Gasteiger partial charge on any atom is 0.194 e. The van der Waals surface area contributed by atoms with Crippen LogP contribution in [0.15, 0.2) is 47.7 Å². The molecule has 2 aromatic rings. The highest BCUT2D eigenvalue weighted by Crippen LogP contribution is 2.21. The molecule has 0 radical (unpaired) electrons. The van der Waals surface area contributed by atoms with Gasteiger partial charge in [-0.2, -0.15) is 16.9 Å². The van der Waals surface area contributed by atoms with Gasteiger partial charge in [-0.25, -0.2) is 4.68 Å². The second-order valence-corrected chi connectivity index (χ2v) is 8.13. The normalized spacial score (nSPS) is 11.8. The van der Waals surface area contributed by atoms with Crippen LogP contribution >= 0.6 is 35.7 Å². The number of guanidine groups is 1. The molecule has 1 N–H and O–H groups in total. The fourth-order valence-electron chi connectivity index (χ4n) is 2.31. The van der Waals surface area contributed by atoms with E-state index in [9.17, 15) is 0 Å². The van der Waals surface area contributed by atoms with E-state index in [4.69, 9.17) is 4.99 Å². The first-order valence-electron chi connectivity index (χ1n) is 8.59. The van der Waals surface area contributed by atoms with Crippen molar-refractivity contribution in [2.24, 2.45) is 4.99 Å². The van der Waals surface area contributed by atoms with Crippen molar-refractivity contribution in [3.63, 3.8) is 0 Å². The van der Waals surface area contributed by atoms with Crippen LogP contribution in [0.25, 0.3) is 5.69 Å². The van der Waals surface area contributed by atoms with Crippen LogP contribution in [0.5, 0.6) is 0 Å². The van der Waals surface area contributed by atoms with Crippen molar-refractivity contribution in [1.82, 2.24) is 20.0 Å². The van der Waals surface area contributed by atoms with Crippen molar-refractivity contribution in [2.75, 3.05) is 26.4 Å². The Morgan fingerprint density at radius 1 is 1.31 bits per heavy atom. The van der Waals surface area contributed by atoms with Gasteiger partial charge in [-0.15, -0.1) is 24.0 Å². The molecule has 0 unspecified atom stereocenters. The molecule has 0 fully saturated rings. The van der Waals surface area contributed by atoms with Gasteiger partial charge in [-0.05, 0) is 39.2 Å². The standard InChI is InChI=1S/C19H29N5S.HI/c1-6-20-18(21-15-19(2,3)25-5)23(4)13-16-12-22-24(14-16)17-10-8-7-9-11-17;/h7-12,14H,6,13,15H2,1-5H3,(H,20,21);1H. The number of hydrogen-bond acceptors (Lipinski definition) is 3. The lowest BCUT2D eigenvalue weighted by Crippen LogP contribution is -2.39. The van der Waals surface area contributed by atoms with E-state index in [2.05, 4.69) is 67.7 Å². The zero-order valence-electron chi connectivity index (χ0n) is 16.3. The molecule has 7 heteroatoms. The predicted octanol–water partition coefficient (Wildman–Crippen LogP) is 4.03. The summed E-state index contributed by atoms with van der Waals surface area (Å²) in [6.45, 7) is 8.92. The number of thioether (sulfide) groups is 1. The van der Waals surface area contributed by atoms with Gasteiger partial charge >= 0.3 is 0 Å². The van der Waals surface area contributed by atoms with Gasteiger partial charge in [0.05, 0.1) is 18.4 Å². The lowest BCUT2D eigenvalue weighted by atomic mass is 10.2. The Hall–Kier alpha value is -1.22. The van der Waals surface area contributed by atoms with E-state index in [1.54, 1.807) is 0 Å². The maximum atomic E-state index is 4.80. The Morgan fingerprint density at radius 2 is 2.00 bits per heavy atom. The third kappa shape index (κ3) is 6.83. The average Bonchev–Trinajstić information content (AvgIpc) is 3.07. The number of rotatable bonds is 7. The zero-order valence-corrected chi connectivity index (χ0v) is 19.4. The summed E-state index contributed by atoms with van der Waals surface area (Å²) >= 11 is 1.84. The SMILES string of the molecule is CCNC(=NCC(C)(C)SC)N(C)Cc1cnn(-c2ccccc2)c1.I. The molecule has 0 aliphatic rings. The Kier molecular flexibility index (Phi) is 9.49. The van der Waals surface area contributed by atoms with Gasteiger partial charge < -0.3 is 10.2 Å². The molecular formula is C19H30IN5S. The number of para-hydroxylation sites is 1. The van der Waals surface area contributed by atoms with E-state index in [0.717, 1.165) is 36.8 Å². The van der Waals surface area contributed by atoms with Crippen LogP contribution in [-0.2, 0) is 6.54 Å². The number of aromatic nitrogens is 2. The van der Waals surface area contributed by atoms with E-state index in [1.165, 1.54) is 0 Å². The highest BCUT2D eigenvalue weighted by Gasteiger charge is 2.16. The van der Waals surface area contributed by atoms with Crippen LogP contribution in [0.4, 0.5) is 0 Å². The summed E-state index contributed by atoms with van der Waals surface area (Å²) in [5, 5.41) is 7.85. The predicted molar refractivity (Wildman–Crippen MR) is 124 cm³/mol. The smallest absolute Gasteiger partial charge is 0.194 e. The number of benzene rings is 1. The molecule has 26 heavy (non-hydrogen) atoms. The van der Waals surface area contributed by atoms with Gasteiger partial charge in [0, 0.05) is 36.6 Å². The number of hydrogen-bond donors (Lipinski definition) is 1. The number of halogens is 1. The fraction of sp³-hybridized carbons (Fsp3) is 0.474. The molecule has 0 saturated carbocycles. The quantitative estimate of drug-likeness (QED) is 0.364. The Bertz CT molecular complexity index is 684. The first-order chi connectivity index (χ1) is 11.9. The largest absolute Gasteiger partial charge is 0.357 e. The Balaban J connectivity index is 0.00000338. The zero-order chi connectivity index (χ0) is 18.3. The Labute approximate surface area is 178 Å². The lowest BCUT2D eigenvalue weighted by Gasteiger charge is -2.24. The van der Waals surface area contributed by atoms with Crippen molar-refractivity contribution in [3.05, 3.63) is 48.3 Å². The van der Waals surface area contributed by atoms with Crippen molar-refractivity contribution >= 4 is 41.7 Å². The van der Waals surface area contributed by atoms with Crippen LogP contribution in [-0.4, -0.2) is 51.8 Å². The number of nitrogens with one attached hydrogen (secondary N) is 1. The molecule has 0 spiro atoms. The highest BCUT2D eigenvalue weighted by atomic mass is 127. The van der Waals surface area contributed by atoms with Gasteiger partial charge in [-0.3, -0.25) is 4.99 Å². The molecule has 0 aliphatic heterocycles. The fourth-order valence-corrected chi connectivity index (χ4v) is 2.51. The summed E-state index contributed by atoms with van der Waals surface area (Å²) < 4.78 is 2.05. The average molecular weight is 487 g/mol. The number of aliphatic imine (C=N–C) groups is 1. The number of nitrogens with zero attached hydrogens (tertiary/aromatic N) is 4. The molecule has 1 aromatic carbocycles. The second-order valence-electron chi connectivity index (χ2n) is 6.62. The molecule has 0 aliphatic carbocycles. The minimum Gasteiger partial charge on any atom is -0.357 e. The molecular weight excluding hydrogens is 457 g/mol. The third-order valence-electron chi connectivity index (χ3n) is 3.94. The van der Waals surface area contributed by atoms with Crippen molar-refractivity contribution in [2.45, 2.75) is 32.1 Å². The summed E-state index contributed by atoms with van der Waals surface area (Å²) in [4.78, 5) is 6.95. The minimum absolute atomic E-state index is 0. The van der Waals surface area contributed by atoms with Crippen molar-refractivity contribution in [1.29, 1.82) is 0 Å². The summed E-state index contributed by atoms with van der Waals surface area (Å²) in [5.41, 5.74) is 2.22. The van der Waals surface area contributed by atoms with E-state index in [0.29, 0.717) is 0 Å². The molecule has 2 rings (SSSR count). The monoisotopic (exact) mass is 487 g/mol. The first-order valence-corrected chi connectivity index (χ1v) is 9.81. The molecule has 0 bridgehead atoms. The molecule has 0 atom stereocenters. The summed E-state index contributed by atoms with van der Waals surface area (Å²) in [5.74, 6) is 0.928. The van der Waals surface area contributed by atoms with Crippen LogP contribution in [0.2, 0.25) is 0 Å².